The highest BCUT2D eigenvalue weighted by Gasteiger charge is 2.26. The molecule has 2 atom stereocenters. The van der Waals surface area contributed by atoms with Crippen molar-refractivity contribution in [2.45, 2.75) is 26.0 Å². The standard InChI is InChI=1S/C17H24N4O2/c1-13(22)12-20-8-10-21(11-9-20)14(2)16-18-19-17(23-16)15-6-4-3-5-7-15/h3-7,13-14,22H,8-12H2,1-2H3/t13-,14+/m0/s1. The van der Waals surface area contributed by atoms with Crippen LogP contribution in [0.5, 0.6) is 0 Å². The molecule has 1 aliphatic rings. The lowest BCUT2D eigenvalue weighted by molar-refractivity contribution is 0.0598. The average molecular weight is 316 g/mol. The van der Waals surface area contributed by atoms with Gasteiger partial charge in [-0.2, -0.15) is 0 Å². The maximum absolute atomic E-state index is 9.48. The average Bonchev–Trinajstić information content (AvgIpc) is 3.05. The second kappa shape index (κ2) is 7.21. The molecular weight excluding hydrogens is 292 g/mol. The van der Waals surface area contributed by atoms with E-state index < -0.39 is 0 Å². The highest BCUT2D eigenvalue weighted by atomic mass is 16.4. The Morgan fingerprint density at radius 3 is 2.43 bits per heavy atom. The van der Waals surface area contributed by atoms with Gasteiger partial charge in [0.05, 0.1) is 12.1 Å². The van der Waals surface area contributed by atoms with Crippen LogP contribution in [0.1, 0.15) is 25.8 Å². The van der Waals surface area contributed by atoms with Gasteiger partial charge in [0, 0.05) is 38.3 Å². The third-order valence-electron chi connectivity index (χ3n) is 4.30. The lowest BCUT2D eigenvalue weighted by atomic mass is 10.2. The van der Waals surface area contributed by atoms with E-state index in [9.17, 15) is 5.11 Å². The summed E-state index contributed by atoms with van der Waals surface area (Å²) in [7, 11) is 0. The van der Waals surface area contributed by atoms with E-state index in [2.05, 4.69) is 26.9 Å². The predicted molar refractivity (Wildman–Crippen MR) is 87.8 cm³/mol. The second-order valence-electron chi connectivity index (χ2n) is 6.17. The third kappa shape index (κ3) is 3.96. The SMILES string of the molecule is C[C@H](O)CN1CCN([C@H](C)c2nnc(-c3ccccc3)o2)CC1. The van der Waals surface area contributed by atoms with Crippen molar-refractivity contribution in [3.63, 3.8) is 0 Å². The number of β-amino-alcohol motifs (C(OH)–C–C–N with tert-alkyl or cyclic N) is 1. The van der Waals surface area contributed by atoms with Crippen molar-refractivity contribution in [3.8, 4) is 11.5 Å². The van der Waals surface area contributed by atoms with Crippen LogP contribution < -0.4 is 0 Å². The van der Waals surface area contributed by atoms with Gasteiger partial charge in [-0.1, -0.05) is 18.2 Å². The summed E-state index contributed by atoms with van der Waals surface area (Å²) in [6.07, 6.45) is -0.275. The van der Waals surface area contributed by atoms with E-state index in [1.807, 2.05) is 37.3 Å². The molecule has 0 bridgehead atoms. The molecule has 0 radical (unpaired) electrons. The van der Waals surface area contributed by atoms with Crippen LogP contribution in [0.4, 0.5) is 0 Å². The molecule has 124 valence electrons. The van der Waals surface area contributed by atoms with Crippen LogP contribution >= 0.6 is 0 Å². The minimum absolute atomic E-state index is 0.105. The van der Waals surface area contributed by atoms with Crippen LogP contribution in [-0.4, -0.2) is 63.9 Å². The smallest absolute Gasteiger partial charge is 0.247 e. The molecule has 1 saturated heterocycles. The van der Waals surface area contributed by atoms with E-state index in [0.29, 0.717) is 11.8 Å². The van der Waals surface area contributed by atoms with Gasteiger partial charge in [-0.15, -0.1) is 10.2 Å². The van der Waals surface area contributed by atoms with Crippen molar-refractivity contribution >= 4 is 0 Å². The minimum atomic E-state index is -0.275. The topological polar surface area (TPSA) is 65.6 Å². The van der Waals surface area contributed by atoms with Gasteiger partial charge in [-0.25, -0.2) is 0 Å². The summed E-state index contributed by atoms with van der Waals surface area (Å²) in [5.74, 6) is 1.23. The highest BCUT2D eigenvalue weighted by molar-refractivity contribution is 5.51. The molecule has 1 N–H and O–H groups in total. The zero-order valence-corrected chi connectivity index (χ0v) is 13.7. The van der Waals surface area contributed by atoms with Gasteiger partial charge in [0.2, 0.25) is 11.8 Å². The van der Waals surface area contributed by atoms with Crippen molar-refractivity contribution in [2.24, 2.45) is 0 Å². The lowest BCUT2D eigenvalue weighted by Crippen LogP contribution is -2.48. The van der Waals surface area contributed by atoms with E-state index in [1.54, 1.807) is 0 Å². The summed E-state index contributed by atoms with van der Waals surface area (Å²) < 4.78 is 5.86. The Morgan fingerprint density at radius 2 is 1.78 bits per heavy atom. The molecule has 2 heterocycles. The molecule has 1 aromatic carbocycles. The van der Waals surface area contributed by atoms with Crippen LogP contribution in [0, 0.1) is 0 Å². The van der Waals surface area contributed by atoms with Gasteiger partial charge in [0.15, 0.2) is 0 Å². The molecule has 23 heavy (non-hydrogen) atoms. The molecule has 0 spiro atoms. The Kier molecular flexibility index (Phi) is 5.05. The largest absolute Gasteiger partial charge is 0.419 e. The monoisotopic (exact) mass is 316 g/mol. The number of benzene rings is 1. The molecule has 1 aromatic heterocycles. The van der Waals surface area contributed by atoms with Crippen molar-refractivity contribution in [1.82, 2.24) is 20.0 Å². The maximum atomic E-state index is 9.48. The fourth-order valence-electron chi connectivity index (χ4n) is 2.96. The Hall–Kier alpha value is -1.76. The molecule has 2 aromatic rings. The third-order valence-corrected chi connectivity index (χ3v) is 4.30. The molecule has 3 rings (SSSR count). The normalized spacial score (nSPS) is 19.6. The first-order valence-electron chi connectivity index (χ1n) is 8.17. The number of aliphatic hydroxyl groups is 1. The number of nitrogens with zero attached hydrogens (tertiary/aromatic N) is 4. The summed E-state index contributed by atoms with van der Waals surface area (Å²) in [4.78, 5) is 4.64. The number of hydrogen-bond acceptors (Lipinski definition) is 6. The summed E-state index contributed by atoms with van der Waals surface area (Å²) in [6, 6.07) is 9.94. The van der Waals surface area contributed by atoms with Crippen LogP contribution in [0.2, 0.25) is 0 Å². The van der Waals surface area contributed by atoms with Gasteiger partial charge in [-0.3, -0.25) is 9.80 Å². The van der Waals surface area contributed by atoms with E-state index in [0.717, 1.165) is 38.3 Å². The van der Waals surface area contributed by atoms with Gasteiger partial charge >= 0.3 is 0 Å². The number of hydrogen-bond donors (Lipinski definition) is 1. The van der Waals surface area contributed by atoms with Gasteiger partial charge in [0.25, 0.3) is 0 Å². The number of aliphatic hydroxyl groups excluding tert-OH is 1. The van der Waals surface area contributed by atoms with Crippen molar-refractivity contribution in [2.75, 3.05) is 32.7 Å². The Bertz CT molecular complexity index is 606. The quantitative estimate of drug-likeness (QED) is 0.907. The first-order valence-corrected chi connectivity index (χ1v) is 8.17. The molecule has 0 aliphatic carbocycles. The van der Waals surface area contributed by atoms with Gasteiger partial charge < -0.3 is 9.52 Å². The molecule has 6 nitrogen and oxygen atoms in total. The highest BCUT2D eigenvalue weighted by Crippen LogP contribution is 2.24. The van der Waals surface area contributed by atoms with Crippen molar-refractivity contribution in [1.29, 1.82) is 0 Å². The molecule has 1 aliphatic heterocycles. The lowest BCUT2D eigenvalue weighted by Gasteiger charge is -2.37. The summed E-state index contributed by atoms with van der Waals surface area (Å²) in [6.45, 7) is 8.46. The van der Waals surface area contributed by atoms with E-state index in [4.69, 9.17) is 4.42 Å². The first-order chi connectivity index (χ1) is 11.1. The van der Waals surface area contributed by atoms with Gasteiger partial charge in [-0.05, 0) is 26.0 Å². The van der Waals surface area contributed by atoms with Crippen molar-refractivity contribution in [3.05, 3.63) is 36.2 Å². The summed E-state index contributed by atoms with van der Waals surface area (Å²) in [5.41, 5.74) is 0.945. The number of aromatic nitrogens is 2. The van der Waals surface area contributed by atoms with Crippen LogP contribution in [0.3, 0.4) is 0 Å². The molecule has 0 saturated carbocycles. The molecule has 0 unspecified atom stereocenters. The van der Waals surface area contributed by atoms with Crippen LogP contribution in [-0.2, 0) is 0 Å². The summed E-state index contributed by atoms with van der Waals surface area (Å²) in [5, 5.41) is 17.9. The molecule has 0 amide bonds. The Morgan fingerprint density at radius 1 is 1.09 bits per heavy atom. The Balaban J connectivity index is 1.61. The first kappa shape index (κ1) is 16.1. The number of piperazine rings is 1. The zero-order chi connectivity index (χ0) is 16.2. The van der Waals surface area contributed by atoms with Crippen LogP contribution in [0.25, 0.3) is 11.5 Å². The number of rotatable bonds is 5. The predicted octanol–water partition coefficient (Wildman–Crippen LogP) is 1.80. The molecule has 6 heteroatoms. The summed E-state index contributed by atoms with van der Waals surface area (Å²) >= 11 is 0. The maximum Gasteiger partial charge on any atom is 0.247 e. The van der Waals surface area contributed by atoms with Crippen LogP contribution in [0.15, 0.2) is 34.7 Å². The van der Waals surface area contributed by atoms with Gasteiger partial charge in [0.1, 0.15) is 0 Å². The van der Waals surface area contributed by atoms with E-state index in [-0.39, 0.29) is 12.1 Å². The van der Waals surface area contributed by atoms with E-state index >= 15 is 0 Å². The fraction of sp³-hybridized carbons (Fsp3) is 0.529. The molecule has 1 fully saturated rings. The Labute approximate surface area is 136 Å². The van der Waals surface area contributed by atoms with E-state index in [1.165, 1.54) is 0 Å². The van der Waals surface area contributed by atoms with Crippen molar-refractivity contribution < 1.29 is 9.52 Å². The minimum Gasteiger partial charge on any atom is -0.419 e. The second-order valence-corrected chi connectivity index (χ2v) is 6.17. The zero-order valence-electron chi connectivity index (χ0n) is 13.7. The fourth-order valence-corrected chi connectivity index (χ4v) is 2.96. The molecular formula is C17H24N4O2.